The fraction of sp³-hybridized carbons (Fsp3) is 0.429. The van der Waals surface area contributed by atoms with Crippen LogP contribution in [0.2, 0.25) is 10.0 Å². The molecule has 21 heavy (non-hydrogen) atoms. The van der Waals surface area contributed by atoms with E-state index in [1.165, 1.54) is 6.07 Å². The van der Waals surface area contributed by atoms with Crippen LogP contribution >= 0.6 is 23.2 Å². The van der Waals surface area contributed by atoms with E-state index in [1.54, 1.807) is 19.1 Å². The summed E-state index contributed by atoms with van der Waals surface area (Å²) in [6.07, 6.45) is -0.499. The molecule has 1 aromatic carbocycles. The fourth-order valence-electron chi connectivity index (χ4n) is 1.57. The van der Waals surface area contributed by atoms with Gasteiger partial charge in [-0.2, -0.15) is 0 Å². The molecule has 2 N–H and O–H groups in total. The lowest BCUT2D eigenvalue weighted by Gasteiger charge is -2.12. The van der Waals surface area contributed by atoms with Crippen molar-refractivity contribution in [3.63, 3.8) is 0 Å². The molecule has 7 heteroatoms. The maximum Gasteiger partial charge on any atom is 0.251 e. The van der Waals surface area contributed by atoms with Crippen LogP contribution in [0.3, 0.4) is 0 Å². The maximum atomic E-state index is 11.8. The number of hydrogen-bond acceptors (Lipinski definition) is 3. The third kappa shape index (κ3) is 5.91. The van der Waals surface area contributed by atoms with Gasteiger partial charge in [0.25, 0.3) is 5.91 Å². The Balaban J connectivity index is 2.34. The molecule has 1 atom stereocenters. The number of benzene rings is 1. The zero-order valence-corrected chi connectivity index (χ0v) is 13.4. The highest BCUT2D eigenvalue weighted by Crippen LogP contribution is 2.22. The van der Waals surface area contributed by atoms with Gasteiger partial charge in [0.1, 0.15) is 6.10 Å². The van der Waals surface area contributed by atoms with Gasteiger partial charge in [-0.05, 0) is 32.0 Å². The van der Waals surface area contributed by atoms with Crippen LogP contribution in [0.15, 0.2) is 18.2 Å². The Morgan fingerprint density at radius 1 is 1.19 bits per heavy atom. The van der Waals surface area contributed by atoms with Crippen molar-refractivity contribution < 1.29 is 14.3 Å². The quantitative estimate of drug-likeness (QED) is 0.752. The van der Waals surface area contributed by atoms with Crippen LogP contribution in [0.4, 0.5) is 0 Å². The van der Waals surface area contributed by atoms with Crippen molar-refractivity contribution in [2.24, 2.45) is 0 Å². The van der Waals surface area contributed by atoms with E-state index in [9.17, 15) is 9.59 Å². The lowest BCUT2D eigenvalue weighted by atomic mass is 10.2. The summed E-state index contributed by atoms with van der Waals surface area (Å²) in [5, 5.41) is 6.06. The largest absolute Gasteiger partial charge is 0.369 e. The first-order valence-corrected chi connectivity index (χ1v) is 7.33. The van der Waals surface area contributed by atoms with Gasteiger partial charge in [0, 0.05) is 25.3 Å². The van der Waals surface area contributed by atoms with E-state index >= 15 is 0 Å². The molecule has 0 aromatic heterocycles. The van der Waals surface area contributed by atoms with E-state index in [0.717, 1.165) is 0 Å². The fourth-order valence-corrected chi connectivity index (χ4v) is 1.87. The second kappa shape index (κ2) is 8.87. The Labute approximate surface area is 133 Å². The molecule has 5 nitrogen and oxygen atoms in total. The summed E-state index contributed by atoms with van der Waals surface area (Å²) in [4.78, 5) is 23.4. The van der Waals surface area contributed by atoms with Crippen LogP contribution in [-0.4, -0.2) is 37.6 Å². The molecule has 116 valence electrons. The minimum Gasteiger partial charge on any atom is -0.369 e. The smallest absolute Gasteiger partial charge is 0.251 e. The molecule has 0 bridgehead atoms. The molecule has 1 rings (SSSR count). The third-order valence-corrected chi connectivity index (χ3v) is 3.42. The number of nitrogens with one attached hydrogen (secondary N) is 2. The van der Waals surface area contributed by atoms with Crippen molar-refractivity contribution in [2.75, 3.05) is 19.7 Å². The minimum atomic E-state index is -0.499. The predicted molar refractivity (Wildman–Crippen MR) is 82.9 cm³/mol. The van der Waals surface area contributed by atoms with Crippen molar-refractivity contribution in [3.8, 4) is 0 Å². The van der Waals surface area contributed by atoms with E-state index in [1.807, 2.05) is 6.92 Å². The first-order valence-electron chi connectivity index (χ1n) is 6.58. The van der Waals surface area contributed by atoms with Gasteiger partial charge in [-0.25, -0.2) is 0 Å². The lowest BCUT2D eigenvalue weighted by molar-refractivity contribution is -0.131. The SMILES string of the molecule is CCOC(C)C(=O)NCCNC(=O)c1ccc(Cl)c(Cl)c1. The van der Waals surface area contributed by atoms with Crippen LogP contribution in [0.25, 0.3) is 0 Å². The summed E-state index contributed by atoms with van der Waals surface area (Å²) in [7, 11) is 0. The van der Waals surface area contributed by atoms with Crippen LogP contribution < -0.4 is 10.6 Å². The van der Waals surface area contributed by atoms with Crippen LogP contribution in [0.1, 0.15) is 24.2 Å². The number of amides is 2. The number of carbonyl (C=O) groups is 2. The highest BCUT2D eigenvalue weighted by molar-refractivity contribution is 6.42. The Bertz CT molecular complexity index is 509. The average molecular weight is 333 g/mol. The summed E-state index contributed by atoms with van der Waals surface area (Å²) < 4.78 is 5.15. The van der Waals surface area contributed by atoms with E-state index < -0.39 is 6.10 Å². The molecule has 0 aliphatic carbocycles. The standard InChI is InChI=1S/C14H18Cl2N2O3/c1-3-21-9(2)13(19)17-6-7-18-14(20)10-4-5-11(15)12(16)8-10/h4-5,8-9H,3,6-7H2,1-2H3,(H,17,19)(H,18,20). The Hall–Kier alpha value is -1.30. The zero-order valence-electron chi connectivity index (χ0n) is 11.9. The molecule has 1 unspecified atom stereocenters. The van der Waals surface area contributed by atoms with Crippen LogP contribution in [-0.2, 0) is 9.53 Å². The second-order valence-corrected chi connectivity index (χ2v) is 5.09. The third-order valence-electron chi connectivity index (χ3n) is 2.68. The van der Waals surface area contributed by atoms with E-state index in [2.05, 4.69) is 10.6 Å². The molecular weight excluding hydrogens is 315 g/mol. The topological polar surface area (TPSA) is 67.4 Å². The molecular formula is C14H18Cl2N2O3. The summed E-state index contributed by atoms with van der Waals surface area (Å²) in [5.74, 6) is -0.485. The molecule has 2 amide bonds. The number of halogens is 2. The summed E-state index contributed by atoms with van der Waals surface area (Å²) in [6, 6.07) is 4.64. The molecule has 0 spiro atoms. The number of hydrogen-bond donors (Lipinski definition) is 2. The second-order valence-electron chi connectivity index (χ2n) is 4.27. The first kappa shape index (κ1) is 17.8. The van der Waals surface area contributed by atoms with Crippen molar-refractivity contribution in [1.82, 2.24) is 10.6 Å². The number of rotatable bonds is 7. The summed E-state index contributed by atoms with van der Waals surface area (Å²) in [6.45, 7) is 4.60. The highest BCUT2D eigenvalue weighted by atomic mass is 35.5. The van der Waals surface area contributed by atoms with Crippen molar-refractivity contribution in [2.45, 2.75) is 20.0 Å². The molecule has 0 radical (unpaired) electrons. The Morgan fingerprint density at radius 2 is 1.86 bits per heavy atom. The normalized spacial score (nSPS) is 11.8. The van der Waals surface area contributed by atoms with Gasteiger partial charge >= 0.3 is 0 Å². The molecule has 0 saturated heterocycles. The van der Waals surface area contributed by atoms with E-state index in [0.29, 0.717) is 35.3 Å². The van der Waals surface area contributed by atoms with E-state index in [4.69, 9.17) is 27.9 Å². The average Bonchev–Trinajstić information content (AvgIpc) is 2.46. The summed E-state index contributed by atoms with van der Waals surface area (Å²) >= 11 is 11.6. The molecule has 1 aromatic rings. The van der Waals surface area contributed by atoms with Gasteiger partial charge in [-0.1, -0.05) is 23.2 Å². The molecule has 0 heterocycles. The molecule has 0 aliphatic rings. The van der Waals surface area contributed by atoms with Crippen molar-refractivity contribution in [1.29, 1.82) is 0 Å². The highest BCUT2D eigenvalue weighted by Gasteiger charge is 2.12. The summed E-state index contributed by atoms with van der Waals surface area (Å²) in [5.41, 5.74) is 0.415. The minimum absolute atomic E-state index is 0.208. The number of ether oxygens (including phenoxy) is 1. The predicted octanol–water partition coefficient (Wildman–Crippen LogP) is 2.26. The maximum absolute atomic E-state index is 11.8. The van der Waals surface area contributed by atoms with Gasteiger partial charge in [-0.15, -0.1) is 0 Å². The van der Waals surface area contributed by atoms with Gasteiger partial charge in [0.05, 0.1) is 10.0 Å². The van der Waals surface area contributed by atoms with E-state index in [-0.39, 0.29) is 11.8 Å². The van der Waals surface area contributed by atoms with Crippen LogP contribution in [0, 0.1) is 0 Å². The molecule has 0 aliphatic heterocycles. The molecule has 0 fully saturated rings. The molecule has 0 saturated carbocycles. The van der Waals surface area contributed by atoms with Gasteiger partial charge < -0.3 is 15.4 Å². The number of carbonyl (C=O) groups excluding carboxylic acids is 2. The van der Waals surface area contributed by atoms with Gasteiger partial charge in [0.2, 0.25) is 5.91 Å². The Kier molecular flexibility index (Phi) is 7.50. The first-order chi connectivity index (χ1) is 9.95. The van der Waals surface area contributed by atoms with Gasteiger partial charge in [-0.3, -0.25) is 9.59 Å². The van der Waals surface area contributed by atoms with Gasteiger partial charge in [0.15, 0.2) is 0 Å². The Morgan fingerprint density at radius 3 is 2.48 bits per heavy atom. The monoisotopic (exact) mass is 332 g/mol. The lowest BCUT2D eigenvalue weighted by Crippen LogP contribution is -2.39. The van der Waals surface area contributed by atoms with Crippen LogP contribution in [0.5, 0.6) is 0 Å². The van der Waals surface area contributed by atoms with Crippen molar-refractivity contribution >= 4 is 35.0 Å². The zero-order chi connectivity index (χ0) is 15.8. The van der Waals surface area contributed by atoms with Crippen molar-refractivity contribution in [3.05, 3.63) is 33.8 Å².